The molecule has 0 aliphatic carbocycles. The summed E-state index contributed by atoms with van der Waals surface area (Å²) in [6.45, 7) is 1.37. The Bertz CT molecular complexity index is 438. The molecular formula is C11H12ClF4NO. The molecule has 0 amide bonds. The highest BCUT2D eigenvalue weighted by Crippen LogP contribution is 2.43. The molecule has 2 atom stereocenters. The van der Waals surface area contributed by atoms with Gasteiger partial charge in [0.05, 0.1) is 0 Å². The van der Waals surface area contributed by atoms with Gasteiger partial charge in [0.25, 0.3) is 0 Å². The highest BCUT2D eigenvalue weighted by Gasteiger charge is 2.59. The molecule has 3 N–H and O–H groups in total. The average molecular weight is 286 g/mol. The highest BCUT2D eigenvalue weighted by molar-refractivity contribution is 6.30. The largest absolute Gasteiger partial charge is 0.423 e. The second-order valence-corrected chi connectivity index (χ2v) is 4.34. The van der Waals surface area contributed by atoms with Gasteiger partial charge in [0, 0.05) is 16.6 Å². The summed E-state index contributed by atoms with van der Waals surface area (Å²) < 4.78 is 52.5. The number of nitrogens with two attached hydrogens (primary N) is 1. The van der Waals surface area contributed by atoms with Gasteiger partial charge in [0.15, 0.2) is 0 Å². The van der Waals surface area contributed by atoms with Gasteiger partial charge in [-0.3, -0.25) is 0 Å². The van der Waals surface area contributed by atoms with E-state index in [0.29, 0.717) is 6.07 Å². The van der Waals surface area contributed by atoms with Crippen molar-refractivity contribution in [2.24, 2.45) is 5.73 Å². The molecule has 0 saturated carbocycles. The molecule has 1 rings (SSSR count). The molecule has 0 aromatic heterocycles. The Morgan fingerprint density at radius 3 is 2.33 bits per heavy atom. The lowest BCUT2D eigenvalue weighted by Crippen LogP contribution is -2.55. The normalized spacial score (nSPS) is 17.3. The fourth-order valence-corrected chi connectivity index (χ4v) is 1.82. The van der Waals surface area contributed by atoms with Crippen molar-refractivity contribution < 1.29 is 22.7 Å². The van der Waals surface area contributed by atoms with Crippen molar-refractivity contribution in [3.8, 4) is 0 Å². The summed E-state index contributed by atoms with van der Waals surface area (Å²) in [5, 5.41) is 9.76. The predicted octanol–water partition coefficient (Wildman–Crippen LogP) is 2.97. The van der Waals surface area contributed by atoms with Gasteiger partial charge in [-0.25, -0.2) is 4.39 Å². The Morgan fingerprint density at radius 2 is 1.94 bits per heavy atom. The number of hydrogen-bond acceptors (Lipinski definition) is 2. The SMILES string of the molecule is CCC(N)C(O)(c1ccc(Cl)cc1F)C(F)(F)F. The minimum absolute atomic E-state index is 0.0640. The maximum atomic E-state index is 13.6. The Kier molecular flexibility index (Phi) is 4.25. The first-order valence-electron chi connectivity index (χ1n) is 5.14. The third-order valence-corrected chi connectivity index (χ3v) is 2.99. The van der Waals surface area contributed by atoms with E-state index < -0.39 is 29.2 Å². The lowest BCUT2D eigenvalue weighted by atomic mass is 9.84. The standard InChI is InChI=1S/C11H12ClF4NO/c1-2-9(17)10(18,11(14,15)16)7-4-3-6(12)5-8(7)13/h3-5,9,18H,2,17H2,1H3. The summed E-state index contributed by atoms with van der Waals surface area (Å²) in [7, 11) is 0. The highest BCUT2D eigenvalue weighted by atomic mass is 35.5. The lowest BCUT2D eigenvalue weighted by molar-refractivity contribution is -0.275. The molecular weight excluding hydrogens is 274 g/mol. The van der Waals surface area contributed by atoms with Crippen molar-refractivity contribution in [1.82, 2.24) is 0 Å². The first kappa shape index (κ1) is 15.2. The predicted molar refractivity (Wildman–Crippen MR) is 59.6 cm³/mol. The van der Waals surface area contributed by atoms with Crippen LogP contribution in [0.4, 0.5) is 17.6 Å². The van der Waals surface area contributed by atoms with Crippen LogP contribution in [-0.4, -0.2) is 17.3 Å². The zero-order chi connectivity index (χ0) is 14.1. The molecule has 0 aliphatic rings. The van der Waals surface area contributed by atoms with Crippen LogP contribution in [0.2, 0.25) is 5.02 Å². The van der Waals surface area contributed by atoms with Crippen LogP contribution in [0, 0.1) is 5.82 Å². The molecule has 0 aliphatic heterocycles. The fourth-order valence-electron chi connectivity index (χ4n) is 1.66. The maximum absolute atomic E-state index is 13.6. The zero-order valence-electron chi connectivity index (χ0n) is 9.43. The molecule has 0 radical (unpaired) electrons. The van der Waals surface area contributed by atoms with Crippen molar-refractivity contribution in [2.45, 2.75) is 31.2 Å². The molecule has 102 valence electrons. The molecule has 1 aromatic carbocycles. The zero-order valence-corrected chi connectivity index (χ0v) is 10.2. The Labute approximate surface area is 106 Å². The summed E-state index contributed by atoms with van der Waals surface area (Å²) in [4.78, 5) is 0. The quantitative estimate of drug-likeness (QED) is 0.839. The van der Waals surface area contributed by atoms with Crippen LogP contribution in [0.5, 0.6) is 0 Å². The summed E-state index contributed by atoms with van der Waals surface area (Å²) in [6.07, 6.45) is -5.25. The first-order valence-corrected chi connectivity index (χ1v) is 5.52. The van der Waals surface area contributed by atoms with E-state index in [2.05, 4.69) is 0 Å². The number of rotatable bonds is 3. The van der Waals surface area contributed by atoms with Crippen LogP contribution in [0.3, 0.4) is 0 Å². The van der Waals surface area contributed by atoms with Crippen molar-refractivity contribution in [1.29, 1.82) is 0 Å². The summed E-state index contributed by atoms with van der Waals surface area (Å²) in [6, 6.07) is 0.892. The number of hydrogen-bond donors (Lipinski definition) is 2. The van der Waals surface area contributed by atoms with E-state index in [1.54, 1.807) is 0 Å². The molecule has 1 aromatic rings. The van der Waals surface area contributed by atoms with Crippen molar-refractivity contribution in [3.63, 3.8) is 0 Å². The monoisotopic (exact) mass is 285 g/mol. The lowest BCUT2D eigenvalue weighted by Gasteiger charge is -2.35. The van der Waals surface area contributed by atoms with Gasteiger partial charge >= 0.3 is 6.18 Å². The van der Waals surface area contributed by atoms with Crippen LogP contribution >= 0.6 is 11.6 Å². The Balaban J connectivity index is 3.45. The van der Waals surface area contributed by atoms with Gasteiger partial charge < -0.3 is 10.8 Å². The van der Waals surface area contributed by atoms with E-state index in [4.69, 9.17) is 17.3 Å². The molecule has 0 saturated heterocycles. The van der Waals surface area contributed by atoms with Crippen LogP contribution in [0.25, 0.3) is 0 Å². The van der Waals surface area contributed by atoms with E-state index in [1.807, 2.05) is 0 Å². The van der Waals surface area contributed by atoms with Gasteiger partial charge in [-0.15, -0.1) is 0 Å². The second-order valence-electron chi connectivity index (χ2n) is 3.90. The third kappa shape index (κ3) is 2.46. The molecule has 0 spiro atoms. The molecule has 2 unspecified atom stereocenters. The van der Waals surface area contributed by atoms with Crippen molar-refractivity contribution in [3.05, 3.63) is 34.6 Å². The first-order chi connectivity index (χ1) is 8.14. The minimum Gasteiger partial charge on any atom is -0.375 e. The number of aliphatic hydroxyl groups is 1. The van der Waals surface area contributed by atoms with Gasteiger partial charge in [0.1, 0.15) is 5.82 Å². The minimum atomic E-state index is -5.09. The number of benzene rings is 1. The Hall–Kier alpha value is -0.850. The maximum Gasteiger partial charge on any atom is 0.423 e. The fraction of sp³-hybridized carbons (Fsp3) is 0.455. The topological polar surface area (TPSA) is 46.2 Å². The molecule has 0 fully saturated rings. The smallest absolute Gasteiger partial charge is 0.375 e. The molecule has 0 heterocycles. The molecule has 18 heavy (non-hydrogen) atoms. The average Bonchev–Trinajstić information content (AvgIpc) is 2.25. The van der Waals surface area contributed by atoms with Crippen molar-refractivity contribution >= 4 is 11.6 Å². The van der Waals surface area contributed by atoms with Crippen molar-refractivity contribution in [2.75, 3.05) is 0 Å². The number of halogens is 5. The number of alkyl halides is 3. The third-order valence-electron chi connectivity index (χ3n) is 2.75. The van der Waals surface area contributed by atoms with Gasteiger partial charge in [-0.1, -0.05) is 24.6 Å². The molecule has 2 nitrogen and oxygen atoms in total. The van der Waals surface area contributed by atoms with Gasteiger partial charge in [-0.2, -0.15) is 13.2 Å². The molecule has 0 bridgehead atoms. The van der Waals surface area contributed by atoms with E-state index in [1.165, 1.54) is 6.92 Å². The molecule has 7 heteroatoms. The van der Waals surface area contributed by atoms with Crippen LogP contribution in [-0.2, 0) is 5.60 Å². The van der Waals surface area contributed by atoms with E-state index in [0.717, 1.165) is 12.1 Å². The van der Waals surface area contributed by atoms with Crippen LogP contribution in [0.1, 0.15) is 18.9 Å². The van der Waals surface area contributed by atoms with Crippen LogP contribution in [0.15, 0.2) is 18.2 Å². The van der Waals surface area contributed by atoms with Gasteiger partial charge in [0.2, 0.25) is 5.60 Å². The second kappa shape index (κ2) is 5.03. The van der Waals surface area contributed by atoms with Gasteiger partial charge in [-0.05, 0) is 18.6 Å². The Morgan fingerprint density at radius 1 is 1.39 bits per heavy atom. The summed E-state index contributed by atoms with van der Waals surface area (Å²) in [5.41, 5.74) is 0.950. The van der Waals surface area contributed by atoms with Crippen LogP contribution < -0.4 is 5.73 Å². The van der Waals surface area contributed by atoms with E-state index in [-0.39, 0.29) is 11.4 Å². The summed E-state index contributed by atoms with van der Waals surface area (Å²) in [5.74, 6) is -1.24. The summed E-state index contributed by atoms with van der Waals surface area (Å²) >= 11 is 5.46. The van der Waals surface area contributed by atoms with E-state index in [9.17, 15) is 22.7 Å². The van der Waals surface area contributed by atoms with E-state index >= 15 is 0 Å².